The van der Waals surface area contributed by atoms with Crippen molar-refractivity contribution in [2.75, 3.05) is 43.9 Å². The van der Waals surface area contributed by atoms with Gasteiger partial charge < -0.3 is 9.80 Å². The number of nitrogens with zero attached hydrogens (tertiary/aromatic N) is 3. The van der Waals surface area contributed by atoms with Gasteiger partial charge in [-0.05, 0) is 62.6 Å². The summed E-state index contributed by atoms with van der Waals surface area (Å²) in [6.07, 6.45) is 11.1. The second-order valence-corrected chi connectivity index (χ2v) is 7.64. The van der Waals surface area contributed by atoms with Crippen LogP contribution in [0.1, 0.15) is 37.7 Å². The topological polar surface area (TPSA) is 19.4 Å². The SMILES string of the molecule is CSCc1ccc(N2CCCC(CN3CCCCC3)C2)nc1. The van der Waals surface area contributed by atoms with E-state index in [-0.39, 0.29) is 0 Å². The van der Waals surface area contributed by atoms with E-state index in [0.717, 1.165) is 11.7 Å². The van der Waals surface area contributed by atoms with Gasteiger partial charge in [-0.1, -0.05) is 12.5 Å². The molecule has 0 spiro atoms. The van der Waals surface area contributed by atoms with E-state index >= 15 is 0 Å². The smallest absolute Gasteiger partial charge is 0.128 e. The number of hydrogen-bond acceptors (Lipinski definition) is 4. The Kier molecular flexibility index (Phi) is 6.02. The van der Waals surface area contributed by atoms with Crippen molar-refractivity contribution in [1.29, 1.82) is 0 Å². The fourth-order valence-corrected chi connectivity index (χ4v) is 4.29. The fraction of sp³-hybridized carbons (Fsp3) is 0.722. The number of hydrogen-bond donors (Lipinski definition) is 0. The average Bonchev–Trinajstić information content (AvgIpc) is 2.57. The molecule has 2 aliphatic rings. The van der Waals surface area contributed by atoms with Gasteiger partial charge in [0.15, 0.2) is 0 Å². The summed E-state index contributed by atoms with van der Waals surface area (Å²) in [6, 6.07) is 4.46. The number of rotatable bonds is 5. The van der Waals surface area contributed by atoms with Crippen molar-refractivity contribution >= 4 is 17.6 Å². The van der Waals surface area contributed by atoms with Gasteiger partial charge in [-0.2, -0.15) is 11.8 Å². The van der Waals surface area contributed by atoms with Gasteiger partial charge in [0.2, 0.25) is 0 Å². The molecule has 2 aliphatic heterocycles. The molecule has 2 fully saturated rings. The summed E-state index contributed by atoms with van der Waals surface area (Å²) in [5.74, 6) is 3.05. The first kappa shape index (κ1) is 16.1. The van der Waals surface area contributed by atoms with E-state index in [9.17, 15) is 0 Å². The fourth-order valence-electron chi connectivity index (χ4n) is 3.79. The maximum Gasteiger partial charge on any atom is 0.128 e. The number of pyridine rings is 1. The molecule has 1 aromatic rings. The molecule has 3 nitrogen and oxygen atoms in total. The lowest BCUT2D eigenvalue weighted by Crippen LogP contribution is -2.42. The summed E-state index contributed by atoms with van der Waals surface area (Å²) in [4.78, 5) is 9.89. The van der Waals surface area contributed by atoms with Crippen LogP contribution in [-0.4, -0.2) is 48.9 Å². The van der Waals surface area contributed by atoms with Crippen molar-refractivity contribution < 1.29 is 0 Å². The Morgan fingerprint density at radius 3 is 2.73 bits per heavy atom. The standard InChI is InChI=1S/C18H29N3S/c1-22-15-16-7-8-18(19-12-16)21-11-5-6-17(14-21)13-20-9-3-2-4-10-20/h7-8,12,17H,2-6,9-11,13-15H2,1H3. The number of aromatic nitrogens is 1. The molecule has 0 radical (unpaired) electrons. The van der Waals surface area contributed by atoms with Crippen LogP contribution in [0.3, 0.4) is 0 Å². The second-order valence-electron chi connectivity index (χ2n) is 6.77. The second kappa shape index (κ2) is 8.21. The summed E-state index contributed by atoms with van der Waals surface area (Å²) in [5.41, 5.74) is 1.33. The van der Waals surface area contributed by atoms with Gasteiger partial charge in [-0.25, -0.2) is 4.98 Å². The zero-order chi connectivity index (χ0) is 15.2. The summed E-state index contributed by atoms with van der Waals surface area (Å²) < 4.78 is 0. The van der Waals surface area contributed by atoms with Crippen LogP contribution in [0.15, 0.2) is 18.3 Å². The largest absolute Gasteiger partial charge is 0.356 e. The van der Waals surface area contributed by atoms with Crippen LogP contribution in [0.25, 0.3) is 0 Å². The van der Waals surface area contributed by atoms with Gasteiger partial charge >= 0.3 is 0 Å². The highest BCUT2D eigenvalue weighted by atomic mass is 32.2. The van der Waals surface area contributed by atoms with Crippen molar-refractivity contribution in [2.45, 2.75) is 37.9 Å². The molecular formula is C18H29N3S. The Hall–Kier alpha value is -0.740. The molecule has 1 atom stereocenters. The lowest BCUT2D eigenvalue weighted by atomic mass is 9.96. The van der Waals surface area contributed by atoms with Crippen LogP contribution >= 0.6 is 11.8 Å². The Bertz CT molecular complexity index is 442. The van der Waals surface area contributed by atoms with Gasteiger partial charge in [0.1, 0.15) is 5.82 Å². The highest BCUT2D eigenvalue weighted by Crippen LogP contribution is 2.24. The molecule has 4 heteroatoms. The first-order valence-corrected chi connectivity index (χ1v) is 10.2. The van der Waals surface area contributed by atoms with Crippen molar-refractivity contribution in [1.82, 2.24) is 9.88 Å². The van der Waals surface area contributed by atoms with Crippen molar-refractivity contribution in [3.05, 3.63) is 23.9 Å². The molecule has 0 bridgehead atoms. The van der Waals surface area contributed by atoms with Crippen molar-refractivity contribution in [3.8, 4) is 0 Å². The number of likely N-dealkylation sites (tertiary alicyclic amines) is 1. The number of piperidine rings is 2. The van der Waals surface area contributed by atoms with E-state index < -0.39 is 0 Å². The quantitative estimate of drug-likeness (QED) is 0.825. The maximum atomic E-state index is 4.70. The predicted octanol–water partition coefficient (Wildman–Crippen LogP) is 3.65. The molecule has 0 saturated carbocycles. The molecule has 2 saturated heterocycles. The molecule has 22 heavy (non-hydrogen) atoms. The first-order valence-electron chi connectivity index (χ1n) is 8.76. The van der Waals surface area contributed by atoms with E-state index in [2.05, 4.69) is 34.4 Å². The van der Waals surface area contributed by atoms with E-state index in [1.165, 1.54) is 76.2 Å². The Morgan fingerprint density at radius 2 is 2.00 bits per heavy atom. The molecule has 1 unspecified atom stereocenters. The zero-order valence-electron chi connectivity index (χ0n) is 13.8. The van der Waals surface area contributed by atoms with Crippen LogP contribution < -0.4 is 4.90 Å². The molecule has 1 aromatic heterocycles. The highest BCUT2D eigenvalue weighted by Gasteiger charge is 2.23. The van der Waals surface area contributed by atoms with Crippen LogP contribution in [0.5, 0.6) is 0 Å². The third-order valence-corrected chi connectivity index (χ3v) is 5.55. The Labute approximate surface area is 139 Å². The molecule has 0 amide bonds. The first-order chi connectivity index (χ1) is 10.8. The summed E-state index contributed by atoms with van der Waals surface area (Å²) in [5, 5.41) is 0. The minimum atomic E-state index is 0.819. The minimum absolute atomic E-state index is 0.819. The normalized spacial score (nSPS) is 23.7. The minimum Gasteiger partial charge on any atom is -0.356 e. The van der Waals surface area contributed by atoms with Gasteiger partial charge in [0, 0.05) is 31.6 Å². The molecule has 0 aromatic carbocycles. The summed E-state index contributed by atoms with van der Waals surface area (Å²) in [6.45, 7) is 6.29. The van der Waals surface area contributed by atoms with Gasteiger partial charge in [0.05, 0.1) is 0 Å². The highest BCUT2D eigenvalue weighted by molar-refractivity contribution is 7.97. The monoisotopic (exact) mass is 319 g/mol. The summed E-state index contributed by atoms with van der Waals surface area (Å²) in [7, 11) is 0. The number of anilines is 1. The Balaban J connectivity index is 1.55. The van der Waals surface area contributed by atoms with Crippen LogP contribution in [0.4, 0.5) is 5.82 Å². The van der Waals surface area contributed by atoms with E-state index in [1.807, 2.05) is 11.8 Å². The summed E-state index contributed by atoms with van der Waals surface area (Å²) >= 11 is 1.86. The molecule has 122 valence electrons. The van der Waals surface area contributed by atoms with Crippen molar-refractivity contribution in [2.24, 2.45) is 5.92 Å². The molecule has 0 aliphatic carbocycles. The molecule has 3 rings (SSSR count). The molecular weight excluding hydrogens is 290 g/mol. The predicted molar refractivity (Wildman–Crippen MR) is 96.7 cm³/mol. The Morgan fingerprint density at radius 1 is 1.14 bits per heavy atom. The van der Waals surface area contributed by atoms with E-state index in [4.69, 9.17) is 4.98 Å². The molecule has 3 heterocycles. The van der Waals surface area contributed by atoms with Crippen LogP contribution in [-0.2, 0) is 5.75 Å². The third-order valence-electron chi connectivity index (χ3n) is 4.93. The zero-order valence-corrected chi connectivity index (χ0v) is 14.7. The van der Waals surface area contributed by atoms with Crippen LogP contribution in [0, 0.1) is 5.92 Å². The van der Waals surface area contributed by atoms with Crippen LogP contribution in [0.2, 0.25) is 0 Å². The van der Waals surface area contributed by atoms with Crippen molar-refractivity contribution in [3.63, 3.8) is 0 Å². The van der Waals surface area contributed by atoms with E-state index in [0.29, 0.717) is 0 Å². The lowest BCUT2D eigenvalue weighted by Gasteiger charge is -2.37. The third kappa shape index (κ3) is 4.39. The van der Waals surface area contributed by atoms with E-state index in [1.54, 1.807) is 0 Å². The van der Waals surface area contributed by atoms with Gasteiger partial charge in [-0.3, -0.25) is 0 Å². The van der Waals surface area contributed by atoms with Gasteiger partial charge in [-0.15, -0.1) is 0 Å². The maximum absolute atomic E-state index is 4.70. The number of thioether (sulfide) groups is 1. The molecule has 0 N–H and O–H groups in total. The van der Waals surface area contributed by atoms with Gasteiger partial charge in [0.25, 0.3) is 0 Å². The average molecular weight is 320 g/mol. The lowest BCUT2D eigenvalue weighted by molar-refractivity contribution is 0.185.